The monoisotopic (exact) mass is 319 g/mol. The van der Waals surface area contributed by atoms with Gasteiger partial charge in [-0.05, 0) is 13.0 Å². The van der Waals surface area contributed by atoms with Gasteiger partial charge in [0, 0.05) is 25.1 Å². The van der Waals surface area contributed by atoms with Crippen LogP contribution in [0.4, 0.5) is 0 Å². The summed E-state index contributed by atoms with van der Waals surface area (Å²) in [6.07, 6.45) is 1.48. The molecule has 0 aliphatic carbocycles. The van der Waals surface area contributed by atoms with Crippen LogP contribution in [0.1, 0.15) is 14.5 Å². The second-order valence-electron chi connectivity index (χ2n) is 3.98. The van der Waals surface area contributed by atoms with Gasteiger partial charge in [-0.2, -0.15) is 4.31 Å². The normalized spacial score (nSPS) is 11.8. The molecule has 1 aromatic rings. The molecule has 0 atom stereocenters. The highest BCUT2D eigenvalue weighted by atomic mass is 32.2. The van der Waals surface area contributed by atoms with Gasteiger partial charge in [-0.25, -0.2) is 13.2 Å². The molecule has 6 nitrogen and oxygen atoms in total. The van der Waals surface area contributed by atoms with E-state index >= 15 is 0 Å². The van der Waals surface area contributed by atoms with Crippen LogP contribution < -0.4 is 0 Å². The van der Waals surface area contributed by atoms with Gasteiger partial charge in [0.15, 0.2) is 0 Å². The molecule has 0 fully saturated rings. The molecule has 8 heteroatoms. The molecular formula is C12H17NO5S2. The third-order valence-corrected chi connectivity index (χ3v) is 5.74. The number of sulfonamides is 1. The summed E-state index contributed by atoms with van der Waals surface area (Å²) < 4.78 is 31.1. The molecule has 0 amide bonds. The van der Waals surface area contributed by atoms with Crippen molar-refractivity contribution in [1.82, 2.24) is 4.31 Å². The molecule has 112 valence electrons. The van der Waals surface area contributed by atoms with Crippen LogP contribution in [0.25, 0.3) is 0 Å². The third-order valence-electron chi connectivity index (χ3n) is 2.58. The molecule has 0 bridgehead atoms. The van der Waals surface area contributed by atoms with E-state index in [1.807, 2.05) is 0 Å². The summed E-state index contributed by atoms with van der Waals surface area (Å²) in [6, 6.07) is 1.19. The van der Waals surface area contributed by atoms with Gasteiger partial charge in [0.05, 0.1) is 11.5 Å². The van der Waals surface area contributed by atoms with Crippen molar-refractivity contribution in [2.75, 3.05) is 26.8 Å². The van der Waals surface area contributed by atoms with Crippen molar-refractivity contribution in [2.45, 2.75) is 11.8 Å². The lowest BCUT2D eigenvalue weighted by Gasteiger charge is -2.20. The maximum atomic E-state index is 12.5. The number of aromatic carboxylic acids is 1. The quantitative estimate of drug-likeness (QED) is 0.735. The summed E-state index contributed by atoms with van der Waals surface area (Å²) in [5, 5.41) is 8.94. The maximum absolute atomic E-state index is 12.5. The highest BCUT2D eigenvalue weighted by Gasteiger charge is 2.27. The number of aryl methyl sites for hydroxylation is 1. The lowest BCUT2D eigenvalue weighted by molar-refractivity contribution is 0.0702. The van der Waals surface area contributed by atoms with E-state index in [-0.39, 0.29) is 29.5 Å². The number of methoxy groups -OCH3 is 1. The van der Waals surface area contributed by atoms with Crippen LogP contribution in [0.2, 0.25) is 0 Å². The van der Waals surface area contributed by atoms with Gasteiger partial charge in [-0.1, -0.05) is 6.08 Å². The fraction of sp³-hybridized carbons (Fsp3) is 0.417. The van der Waals surface area contributed by atoms with Crippen LogP contribution in [-0.4, -0.2) is 50.6 Å². The summed E-state index contributed by atoms with van der Waals surface area (Å²) in [4.78, 5) is 11.4. The maximum Gasteiger partial charge on any atom is 0.345 e. The largest absolute Gasteiger partial charge is 0.477 e. The number of rotatable bonds is 8. The lowest BCUT2D eigenvalue weighted by Crippen LogP contribution is -2.34. The Morgan fingerprint density at radius 3 is 2.70 bits per heavy atom. The Kier molecular flexibility index (Phi) is 5.88. The number of carboxylic acids is 1. The van der Waals surface area contributed by atoms with E-state index in [1.54, 1.807) is 6.92 Å². The van der Waals surface area contributed by atoms with Crippen LogP contribution in [0.3, 0.4) is 0 Å². The highest BCUT2D eigenvalue weighted by molar-refractivity contribution is 7.89. The molecule has 0 spiro atoms. The summed E-state index contributed by atoms with van der Waals surface area (Å²) in [7, 11) is -2.27. The van der Waals surface area contributed by atoms with Crippen LogP contribution in [-0.2, 0) is 14.8 Å². The average molecular weight is 319 g/mol. The molecule has 0 radical (unpaired) electrons. The van der Waals surface area contributed by atoms with E-state index in [0.717, 1.165) is 11.3 Å². The minimum absolute atomic E-state index is 0.00590. The number of hydrogen-bond acceptors (Lipinski definition) is 5. The Bertz CT molecular complexity index is 591. The molecule has 0 unspecified atom stereocenters. The van der Waals surface area contributed by atoms with E-state index in [4.69, 9.17) is 9.84 Å². The molecule has 0 saturated carbocycles. The SMILES string of the molecule is C=CCN(CCOC)S(=O)(=O)c1cc(C(=O)O)sc1C. The van der Waals surface area contributed by atoms with Gasteiger partial charge in [0.25, 0.3) is 0 Å². The van der Waals surface area contributed by atoms with E-state index in [1.165, 1.54) is 23.6 Å². The number of carboxylic acid groups (broad SMARTS) is 1. The second-order valence-corrected chi connectivity index (χ2v) is 7.14. The van der Waals surface area contributed by atoms with Gasteiger partial charge in [-0.3, -0.25) is 0 Å². The minimum atomic E-state index is -3.75. The third kappa shape index (κ3) is 3.66. The molecule has 0 aromatic carbocycles. The summed E-state index contributed by atoms with van der Waals surface area (Å²) in [5.41, 5.74) is 0. The van der Waals surface area contributed by atoms with Crippen LogP contribution >= 0.6 is 11.3 Å². The van der Waals surface area contributed by atoms with Gasteiger partial charge < -0.3 is 9.84 Å². The number of hydrogen-bond donors (Lipinski definition) is 1. The highest BCUT2D eigenvalue weighted by Crippen LogP contribution is 2.28. The molecular weight excluding hydrogens is 302 g/mol. The summed E-state index contributed by atoms with van der Waals surface area (Å²) in [6.45, 7) is 5.70. The first-order valence-electron chi connectivity index (χ1n) is 5.78. The van der Waals surface area contributed by atoms with E-state index in [9.17, 15) is 13.2 Å². The van der Waals surface area contributed by atoms with E-state index in [0.29, 0.717) is 4.88 Å². The topological polar surface area (TPSA) is 83.9 Å². The van der Waals surface area contributed by atoms with Gasteiger partial charge >= 0.3 is 5.97 Å². The van der Waals surface area contributed by atoms with Crippen LogP contribution in [0.5, 0.6) is 0 Å². The van der Waals surface area contributed by atoms with Crippen molar-refractivity contribution in [3.8, 4) is 0 Å². The molecule has 1 aromatic heterocycles. The van der Waals surface area contributed by atoms with Crippen LogP contribution in [0.15, 0.2) is 23.6 Å². The first-order valence-corrected chi connectivity index (χ1v) is 8.04. The molecule has 0 aliphatic rings. The van der Waals surface area contributed by atoms with Crippen molar-refractivity contribution in [2.24, 2.45) is 0 Å². The Morgan fingerprint density at radius 2 is 2.25 bits per heavy atom. The van der Waals surface area contributed by atoms with Gasteiger partial charge in [0.2, 0.25) is 10.0 Å². The standard InChI is InChI=1S/C12H17NO5S2/c1-4-5-13(6-7-18-3)20(16,17)11-8-10(12(14)15)19-9(11)2/h4,8H,1,5-7H2,2-3H3,(H,14,15). The smallest absolute Gasteiger partial charge is 0.345 e. The molecule has 20 heavy (non-hydrogen) atoms. The summed E-state index contributed by atoms with van der Waals surface area (Å²) >= 11 is 0.946. The first-order chi connectivity index (χ1) is 9.34. The zero-order chi connectivity index (χ0) is 15.3. The number of nitrogens with zero attached hydrogens (tertiary/aromatic N) is 1. The van der Waals surface area contributed by atoms with Crippen LogP contribution in [0, 0.1) is 6.92 Å². The Morgan fingerprint density at radius 1 is 1.60 bits per heavy atom. The number of thiophene rings is 1. The fourth-order valence-corrected chi connectivity index (χ4v) is 4.41. The Hall–Kier alpha value is -1.22. The lowest BCUT2D eigenvalue weighted by atomic mass is 10.4. The second kappa shape index (κ2) is 6.98. The Balaban J connectivity index is 3.18. The first kappa shape index (κ1) is 16.8. The average Bonchev–Trinajstić information content (AvgIpc) is 2.77. The molecule has 0 saturated heterocycles. The Labute approximate surface area is 122 Å². The predicted molar refractivity (Wildman–Crippen MR) is 76.8 cm³/mol. The van der Waals surface area contributed by atoms with Gasteiger partial charge in [0.1, 0.15) is 4.88 Å². The number of ether oxygens (including phenoxy) is 1. The molecule has 1 rings (SSSR count). The molecule has 1 heterocycles. The van der Waals surface area contributed by atoms with Gasteiger partial charge in [-0.15, -0.1) is 17.9 Å². The molecule has 0 aliphatic heterocycles. The van der Waals surface area contributed by atoms with Crippen molar-refractivity contribution >= 4 is 27.3 Å². The van der Waals surface area contributed by atoms with E-state index < -0.39 is 16.0 Å². The zero-order valence-corrected chi connectivity index (χ0v) is 13.0. The van der Waals surface area contributed by atoms with Crippen molar-refractivity contribution in [3.63, 3.8) is 0 Å². The van der Waals surface area contributed by atoms with Crippen molar-refractivity contribution in [3.05, 3.63) is 28.5 Å². The molecule has 1 N–H and O–H groups in total. The van der Waals surface area contributed by atoms with E-state index in [2.05, 4.69) is 6.58 Å². The minimum Gasteiger partial charge on any atom is -0.477 e. The fourth-order valence-electron chi connectivity index (χ4n) is 1.61. The zero-order valence-electron chi connectivity index (χ0n) is 11.3. The number of carbonyl (C=O) groups is 1. The van der Waals surface area contributed by atoms with Crippen molar-refractivity contribution < 1.29 is 23.1 Å². The predicted octanol–water partition coefficient (Wildman–Crippen LogP) is 1.58. The van der Waals surface area contributed by atoms with Crippen molar-refractivity contribution in [1.29, 1.82) is 0 Å². The summed E-state index contributed by atoms with van der Waals surface area (Å²) in [5.74, 6) is -1.13.